The van der Waals surface area contributed by atoms with Crippen molar-refractivity contribution in [3.05, 3.63) is 0 Å². The van der Waals surface area contributed by atoms with Crippen molar-refractivity contribution < 1.29 is 15.0 Å². The molecule has 0 radical (unpaired) electrons. The zero-order valence-corrected chi connectivity index (χ0v) is 6.10. The molecule has 0 saturated carbocycles. The maximum Gasteiger partial charge on any atom is 0.407 e. The number of aliphatic hydroxyl groups excluding tert-OH is 1. The first kappa shape index (κ1) is 8.29. The molecule has 0 bridgehead atoms. The second-order valence-corrected chi connectivity index (χ2v) is 2.75. The van der Waals surface area contributed by atoms with Gasteiger partial charge in [-0.05, 0) is 6.54 Å². The molecule has 1 rings (SSSR count). The summed E-state index contributed by atoms with van der Waals surface area (Å²) in [4.78, 5) is 11.6. The number of nitrogens with two attached hydrogens (primary N) is 1. The van der Waals surface area contributed by atoms with Gasteiger partial charge in [0.15, 0.2) is 0 Å². The van der Waals surface area contributed by atoms with Gasteiger partial charge in [-0.1, -0.05) is 0 Å². The van der Waals surface area contributed by atoms with Crippen molar-refractivity contribution in [1.29, 1.82) is 0 Å². The Balaban J connectivity index is 2.49. The molecular weight excluding hydrogens is 148 g/mol. The highest BCUT2D eigenvalue weighted by Crippen LogP contribution is 2.15. The fourth-order valence-electron chi connectivity index (χ4n) is 1.24. The molecule has 0 aromatic carbocycles. The molecule has 11 heavy (non-hydrogen) atoms. The van der Waals surface area contributed by atoms with Gasteiger partial charge in [0.25, 0.3) is 0 Å². The molecule has 1 saturated heterocycles. The van der Waals surface area contributed by atoms with E-state index < -0.39 is 12.2 Å². The fraction of sp³-hybridized carbons (Fsp3) is 0.833. The zero-order chi connectivity index (χ0) is 8.43. The van der Waals surface area contributed by atoms with E-state index in [1.54, 1.807) is 0 Å². The normalized spacial score (nSPS) is 30.9. The Bertz CT molecular complexity index is 162. The zero-order valence-electron chi connectivity index (χ0n) is 6.10. The first-order valence-electron chi connectivity index (χ1n) is 3.51. The molecule has 5 heteroatoms. The van der Waals surface area contributed by atoms with Crippen LogP contribution < -0.4 is 5.73 Å². The highest BCUT2D eigenvalue weighted by molar-refractivity contribution is 5.65. The van der Waals surface area contributed by atoms with Crippen LogP contribution in [0.5, 0.6) is 0 Å². The second kappa shape index (κ2) is 3.06. The minimum absolute atomic E-state index is 0.0916. The number of rotatable bonds is 1. The summed E-state index contributed by atoms with van der Waals surface area (Å²) in [6, 6.07) is 0. The van der Waals surface area contributed by atoms with Crippen LogP contribution in [0.15, 0.2) is 0 Å². The van der Waals surface area contributed by atoms with Crippen molar-refractivity contribution in [2.75, 3.05) is 19.6 Å². The van der Waals surface area contributed by atoms with Crippen LogP contribution in [0.4, 0.5) is 4.79 Å². The molecule has 0 aromatic heterocycles. The monoisotopic (exact) mass is 160 g/mol. The summed E-state index contributed by atoms with van der Waals surface area (Å²) in [5, 5.41) is 17.7. The molecule has 4 N–H and O–H groups in total. The van der Waals surface area contributed by atoms with E-state index in [1.807, 2.05) is 0 Å². The van der Waals surface area contributed by atoms with E-state index in [0.29, 0.717) is 13.1 Å². The lowest BCUT2D eigenvalue weighted by atomic mass is 10.1. The maximum atomic E-state index is 10.4. The largest absolute Gasteiger partial charge is 0.465 e. The number of hydrogen-bond donors (Lipinski definition) is 3. The van der Waals surface area contributed by atoms with Crippen molar-refractivity contribution in [3.63, 3.8) is 0 Å². The summed E-state index contributed by atoms with van der Waals surface area (Å²) >= 11 is 0. The molecule has 5 nitrogen and oxygen atoms in total. The first-order chi connectivity index (χ1) is 5.15. The number of amides is 1. The topological polar surface area (TPSA) is 86.8 Å². The molecule has 1 heterocycles. The lowest BCUT2D eigenvalue weighted by molar-refractivity contribution is 0.133. The Labute approximate surface area is 64.4 Å². The van der Waals surface area contributed by atoms with Crippen LogP contribution >= 0.6 is 0 Å². The van der Waals surface area contributed by atoms with Gasteiger partial charge in [0.1, 0.15) is 0 Å². The van der Waals surface area contributed by atoms with Gasteiger partial charge in [-0.3, -0.25) is 0 Å². The molecule has 0 aliphatic carbocycles. The van der Waals surface area contributed by atoms with E-state index in [9.17, 15) is 9.90 Å². The summed E-state index contributed by atoms with van der Waals surface area (Å²) in [6.45, 7) is 0.884. The van der Waals surface area contributed by atoms with E-state index in [2.05, 4.69) is 0 Å². The number of nitrogens with zero attached hydrogens (tertiary/aromatic N) is 1. The van der Waals surface area contributed by atoms with Gasteiger partial charge < -0.3 is 20.8 Å². The standard InChI is InChI=1S/C6H12N2O3/c7-1-4-2-8(6(10)11)3-5(4)9/h4-5,9H,1-3,7H2,(H,10,11)/t4-,5-/m0/s1. The molecular formula is C6H12N2O3. The molecule has 0 spiro atoms. The highest BCUT2D eigenvalue weighted by Gasteiger charge is 2.32. The number of carbonyl (C=O) groups is 1. The van der Waals surface area contributed by atoms with Crippen molar-refractivity contribution in [3.8, 4) is 0 Å². The summed E-state index contributed by atoms with van der Waals surface area (Å²) in [7, 11) is 0. The third-order valence-corrected chi connectivity index (χ3v) is 1.98. The maximum absolute atomic E-state index is 10.4. The average molecular weight is 160 g/mol. The fourth-order valence-corrected chi connectivity index (χ4v) is 1.24. The van der Waals surface area contributed by atoms with Gasteiger partial charge in [-0.2, -0.15) is 0 Å². The number of aliphatic hydroxyl groups is 1. The molecule has 1 amide bonds. The van der Waals surface area contributed by atoms with Crippen LogP contribution in [0.25, 0.3) is 0 Å². The lowest BCUT2D eigenvalue weighted by Crippen LogP contribution is -2.27. The van der Waals surface area contributed by atoms with Gasteiger partial charge in [0.05, 0.1) is 12.6 Å². The van der Waals surface area contributed by atoms with Crippen LogP contribution in [0.3, 0.4) is 0 Å². The Kier molecular flexibility index (Phi) is 2.31. The Morgan fingerprint density at radius 3 is 2.55 bits per heavy atom. The molecule has 0 unspecified atom stereocenters. The summed E-state index contributed by atoms with van der Waals surface area (Å²) in [5.74, 6) is -0.0916. The van der Waals surface area contributed by atoms with Crippen molar-refractivity contribution in [2.45, 2.75) is 6.10 Å². The molecule has 2 atom stereocenters. The van der Waals surface area contributed by atoms with Crippen LogP contribution in [-0.4, -0.2) is 46.9 Å². The van der Waals surface area contributed by atoms with Gasteiger partial charge in [-0.25, -0.2) is 4.79 Å². The molecule has 0 aromatic rings. The van der Waals surface area contributed by atoms with E-state index in [-0.39, 0.29) is 12.5 Å². The Morgan fingerprint density at radius 2 is 2.27 bits per heavy atom. The summed E-state index contributed by atoms with van der Waals surface area (Å²) in [6.07, 6.45) is -1.57. The highest BCUT2D eigenvalue weighted by atomic mass is 16.4. The van der Waals surface area contributed by atoms with E-state index >= 15 is 0 Å². The molecule has 1 aliphatic rings. The number of hydrogen-bond acceptors (Lipinski definition) is 3. The molecule has 1 aliphatic heterocycles. The van der Waals surface area contributed by atoms with Crippen molar-refractivity contribution in [2.24, 2.45) is 11.7 Å². The smallest absolute Gasteiger partial charge is 0.407 e. The quantitative estimate of drug-likeness (QED) is 0.455. The number of likely N-dealkylation sites (tertiary alicyclic amines) is 1. The predicted molar refractivity (Wildman–Crippen MR) is 38.1 cm³/mol. The second-order valence-electron chi connectivity index (χ2n) is 2.75. The predicted octanol–water partition coefficient (Wildman–Crippen LogP) is -1.08. The van der Waals surface area contributed by atoms with Crippen molar-refractivity contribution in [1.82, 2.24) is 4.90 Å². The Morgan fingerprint density at radius 1 is 1.64 bits per heavy atom. The number of β-amino-alcohol motifs (C(OH)–C–C–N with tert-alkyl or cyclic N) is 1. The van der Waals surface area contributed by atoms with Gasteiger partial charge >= 0.3 is 6.09 Å². The van der Waals surface area contributed by atoms with E-state index in [4.69, 9.17) is 10.8 Å². The van der Waals surface area contributed by atoms with Gasteiger partial charge in [0.2, 0.25) is 0 Å². The third-order valence-electron chi connectivity index (χ3n) is 1.98. The number of carboxylic acid groups (broad SMARTS) is 1. The third kappa shape index (κ3) is 1.61. The molecule has 1 fully saturated rings. The SMILES string of the molecule is NC[C@H]1CN(C(=O)O)C[C@@H]1O. The average Bonchev–Trinajstić information content (AvgIpc) is 2.31. The van der Waals surface area contributed by atoms with E-state index in [0.717, 1.165) is 0 Å². The summed E-state index contributed by atoms with van der Waals surface area (Å²) < 4.78 is 0. The Hall–Kier alpha value is -0.810. The van der Waals surface area contributed by atoms with Crippen molar-refractivity contribution >= 4 is 6.09 Å². The van der Waals surface area contributed by atoms with Crippen LogP contribution in [-0.2, 0) is 0 Å². The van der Waals surface area contributed by atoms with Gasteiger partial charge in [-0.15, -0.1) is 0 Å². The minimum atomic E-state index is -0.986. The minimum Gasteiger partial charge on any atom is -0.465 e. The van der Waals surface area contributed by atoms with Crippen LogP contribution in [0.2, 0.25) is 0 Å². The van der Waals surface area contributed by atoms with Gasteiger partial charge in [0, 0.05) is 12.5 Å². The van der Waals surface area contributed by atoms with Crippen LogP contribution in [0, 0.1) is 5.92 Å². The van der Waals surface area contributed by atoms with E-state index in [1.165, 1.54) is 4.90 Å². The lowest BCUT2D eigenvalue weighted by Gasteiger charge is -2.09. The first-order valence-corrected chi connectivity index (χ1v) is 3.51. The van der Waals surface area contributed by atoms with Crippen LogP contribution in [0.1, 0.15) is 0 Å². The summed E-state index contributed by atoms with van der Waals surface area (Å²) in [5.41, 5.74) is 5.31. The molecule has 64 valence electrons.